The number of aliphatic carboxylic acids is 1. The summed E-state index contributed by atoms with van der Waals surface area (Å²) >= 11 is 0. The lowest BCUT2D eigenvalue weighted by Gasteiger charge is -2.21. The van der Waals surface area contributed by atoms with Crippen LogP contribution in [0.3, 0.4) is 0 Å². The Kier molecular flexibility index (Phi) is 10.5. The van der Waals surface area contributed by atoms with Crippen molar-refractivity contribution in [1.29, 1.82) is 0 Å². The standard InChI is InChI=1S/C17H32N4O5/c1-9(2)6-12(21-15(23)11(5)18)16(24)19-8-14(22)20-13(17(25)26)7-10(3)4/h9-13H,6-8,18H2,1-5H3,(H,19,24)(H,20,22)(H,21,23)(H,25,26)/t11-,12-,13-/m0/s1. The van der Waals surface area contributed by atoms with Crippen LogP contribution in [0.15, 0.2) is 0 Å². The number of carbonyl (C=O) groups is 4. The van der Waals surface area contributed by atoms with Crippen molar-refractivity contribution in [2.75, 3.05) is 6.54 Å². The van der Waals surface area contributed by atoms with E-state index < -0.39 is 41.8 Å². The SMILES string of the molecule is CC(C)C[C@H](NC(=O)CNC(=O)[C@H](CC(C)C)NC(=O)[C@H](C)N)C(=O)O. The fourth-order valence-electron chi connectivity index (χ4n) is 2.23. The van der Waals surface area contributed by atoms with Gasteiger partial charge in [-0.05, 0) is 31.6 Å². The fraction of sp³-hybridized carbons (Fsp3) is 0.765. The van der Waals surface area contributed by atoms with Crippen molar-refractivity contribution in [2.45, 2.75) is 65.6 Å². The van der Waals surface area contributed by atoms with Gasteiger partial charge < -0.3 is 26.8 Å². The predicted molar refractivity (Wildman–Crippen MR) is 97.1 cm³/mol. The maximum absolute atomic E-state index is 12.3. The molecule has 0 radical (unpaired) electrons. The van der Waals surface area contributed by atoms with Crippen LogP contribution >= 0.6 is 0 Å². The summed E-state index contributed by atoms with van der Waals surface area (Å²) in [6.07, 6.45) is 0.673. The highest BCUT2D eigenvalue weighted by Crippen LogP contribution is 2.06. The van der Waals surface area contributed by atoms with Crippen LogP contribution < -0.4 is 21.7 Å². The number of carbonyl (C=O) groups excluding carboxylic acids is 3. The molecule has 0 aromatic carbocycles. The number of rotatable bonds is 11. The molecule has 0 fully saturated rings. The van der Waals surface area contributed by atoms with Crippen LogP contribution in [0.5, 0.6) is 0 Å². The van der Waals surface area contributed by atoms with E-state index in [1.807, 2.05) is 27.7 Å². The zero-order valence-electron chi connectivity index (χ0n) is 16.2. The normalized spacial score (nSPS) is 14.5. The van der Waals surface area contributed by atoms with Crippen molar-refractivity contribution in [1.82, 2.24) is 16.0 Å². The fourth-order valence-corrected chi connectivity index (χ4v) is 2.23. The Morgan fingerprint density at radius 1 is 0.846 bits per heavy atom. The molecule has 3 atom stereocenters. The molecule has 3 amide bonds. The van der Waals surface area contributed by atoms with E-state index in [-0.39, 0.29) is 24.8 Å². The van der Waals surface area contributed by atoms with Gasteiger partial charge in [0.15, 0.2) is 0 Å². The molecule has 0 aromatic heterocycles. The molecule has 0 saturated heterocycles. The number of carboxylic acid groups (broad SMARTS) is 1. The highest BCUT2D eigenvalue weighted by atomic mass is 16.4. The number of nitrogens with one attached hydrogen (secondary N) is 3. The van der Waals surface area contributed by atoms with E-state index in [4.69, 9.17) is 10.8 Å². The minimum absolute atomic E-state index is 0.0925. The smallest absolute Gasteiger partial charge is 0.326 e. The van der Waals surface area contributed by atoms with E-state index in [2.05, 4.69) is 16.0 Å². The molecular formula is C17H32N4O5. The van der Waals surface area contributed by atoms with Gasteiger partial charge in [0, 0.05) is 0 Å². The molecule has 6 N–H and O–H groups in total. The average molecular weight is 372 g/mol. The minimum atomic E-state index is -1.12. The molecule has 0 spiro atoms. The molecule has 0 bridgehead atoms. The second-order valence-corrected chi connectivity index (χ2v) is 7.29. The number of nitrogens with two attached hydrogens (primary N) is 1. The van der Waals surface area contributed by atoms with Crippen molar-refractivity contribution in [3.05, 3.63) is 0 Å². The first-order valence-electron chi connectivity index (χ1n) is 8.79. The Morgan fingerprint density at radius 3 is 1.77 bits per heavy atom. The van der Waals surface area contributed by atoms with E-state index in [1.54, 1.807) is 0 Å². The van der Waals surface area contributed by atoms with Gasteiger partial charge in [-0.25, -0.2) is 4.79 Å². The van der Waals surface area contributed by atoms with E-state index in [9.17, 15) is 19.2 Å². The van der Waals surface area contributed by atoms with Crippen molar-refractivity contribution in [3.63, 3.8) is 0 Å². The Balaban J connectivity index is 4.70. The topological polar surface area (TPSA) is 151 Å². The second kappa shape index (κ2) is 11.5. The van der Waals surface area contributed by atoms with Gasteiger partial charge in [-0.2, -0.15) is 0 Å². The molecule has 0 aliphatic carbocycles. The Hall–Kier alpha value is -2.16. The largest absolute Gasteiger partial charge is 0.480 e. The molecular weight excluding hydrogens is 340 g/mol. The van der Waals surface area contributed by atoms with Crippen molar-refractivity contribution >= 4 is 23.7 Å². The Bertz CT molecular complexity index is 505. The van der Waals surface area contributed by atoms with Crippen LogP contribution in [-0.4, -0.2) is 53.5 Å². The highest BCUT2D eigenvalue weighted by Gasteiger charge is 2.25. The first-order chi connectivity index (χ1) is 11.9. The molecule has 9 heteroatoms. The second-order valence-electron chi connectivity index (χ2n) is 7.29. The molecule has 0 rings (SSSR count). The van der Waals surface area contributed by atoms with Gasteiger partial charge in [0.2, 0.25) is 17.7 Å². The molecule has 0 aliphatic heterocycles. The van der Waals surface area contributed by atoms with Gasteiger partial charge in [-0.1, -0.05) is 27.7 Å². The molecule has 150 valence electrons. The van der Waals surface area contributed by atoms with Gasteiger partial charge in [0.1, 0.15) is 12.1 Å². The van der Waals surface area contributed by atoms with Crippen LogP contribution in [0.1, 0.15) is 47.5 Å². The van der Waals surface area contributed by atoms with Gasteiger partial charge in [0.25, 0.3) is 0 Å². The third-order valence-electron chi connectivity index (χ3n) is 3.52. The quantitative estimate of drug-likeness (QED) is 0.333. The predicted octanol–water partition coefficient (Wildman–Crippen LogP) is -0.404. The molecule has 0 aromatic rings. The Labute approximate surface area is 154 Å². The number of amides is 3. The first-order valence-corrected chi connectivity index (χ1v) is 8.79. The summed E-state index contributed by atoms with van der Waals surface area (Å²) in [6.45, 7) is 8.63. The average Bonchev–Trinajstić information content (AvgIpc) is 2.50. The summed E-state index contributed by atoms with van der Waals surface area (Å²) in [5.41, 5.74) is 5.50. The molecule has 0 saturated carbocycles. The van der Waals surface area contributed by atoms with Crippen molar-refractivity contribution in [2.24, 2.45) is 17.6 Å². The summed E-state index contributed by atoms with van der Waals surface area (Å²) in [5.74, 6) is -2.48. The summed E-state index contributed by atoms with van der Waals surface area (Å²) < 4.78 is 0. The lowest BCUT2D eigenvalue weighted by atomic mass is 10.0. The lowest BCUT2D eigenvalue weighted by molar-refractivity contribution is -0.142. The third kappa shape index (κ3) is 9.97. The minimum Gasteiger partial charge on any atom is -0.480 e. The van der Waals surface area contributed by atoms with E-state index >= 15 is 0 Å². The van der Waals surface area contributed by atoms with Crippen molar-refractivity contribution in [3.8, 4) is 0 Å². The van der Waals surface area contributed by atoms with Crippen LogP contribution in [0.2, 0.25) is 0 Å². The third-order valence-corrected chi connectivity index (χ3v) is 3.52. The van der Waals surface area contributed by atoms with Gasteiger partial charge in [-0.15, -0.1) is 0 Å². The molecule has 26 heavy (non-hydrogen) atoms. The molecule has 9 nitrogen and oxygen atoms in total. The maximum atomic E-state index is 12.3. The summed E-state index contributed by atoms with van der Waals surface area (Å²) in [7, 11) is 0. The Morgan fingerprint density at radius 2 is 1.35 bits per heavy atom. The van der Waals surface area contributed by atoms with Gasteiger partial charge in [0.05, 0.1) is 12.6 Å². The number of carboxylic acids is 1. The van der Waals surface area contributed by atoms with Crippen LogP contribution in [0.25, 0.3) is 0 Å². The summed E-state index contributed by atoms with van der Waals surface area (Å²) in [4.78, 5) is 47.1. The number of hydrogen-bond donors (Lipinski definition) is 5. The zero-order chi connectivity index (χ0) is 20.4. The van der Waals surface area contributed by atoms with E-state index in [0.717, 1.165) is 0 Å². The van der Waals surface area contributed by atoms with Crippen LogP contribution in [0, 0.1) is 11.8 Å². The zero-order valence-corrected chi connectivity index (χ0v) is 16.2. The van der Waals surface area contributed by atoms with Gasteiger partial charge in [-0.3, -0.25) is 14.4 Å². The first kappa shape index (κ1) is 23.8. The highest BCUT2D eigenvalue weighted by molar-refractivity contribution is 5.92. The number of hydrogen-bond acceptors (Lipinski definition) is 5. The molecule has 0 heterocycles. The lowest BCUT2D eigenvalue weighted by Crippen LogP contribution is -2.53. The monoisotopic (exact) mass is 372 g/mol. The van der Waals surface area contributed by atoms with Crippen molar-refractivity contribution < 1.29 is 24.3 Å². The molecule has 0 unspecified atom stereocenters. The van der Waals surface area contributed by atoms with Crippen LogP contribution in [0.4, 0.5) is 0 Å². The van der Waals surface area contributed by atoms with E-state index in [0.29, 0.717) is 6.42 Å². The maximum Gasteiger partial charge on any atom is 0.326 e. The van der Waals surface area contributed by atoms with E-state index in [1.165, 1.54) is 6.92 Å². The summed E-state index contributed by atoms with van der Waals surface area (Å²) in [5, 5.41) is 16.5. The molecule has 0 aliphatic rings. The summed E-state index contributed by atoms with van der Waals surface area (Å²) in [6, 6.07) is -2.58. The van der Waals surface area contributed by atoms with Gasteiger partial charge >= 0.3 is 5.97 Å². The van der Waals surface area contributed by atoms with Crippen LogP contribution in [-0.2, 0) is 19.2 Å².